The van der Waals surface area contributed by atoms with Gasteiger partial charge in [0.25, 0.3) is 0 Å². The van der Waals surface area contributed by atoms with E-state index in [9.17, 15) is 9.59 Å². The molecule has 3 heteroatoms. The van der Waals surface area contributed by atoms with Gasteiger partial charge in [-0.05, 0) is 37.7 Å². The van der Waals surface area contributed by atoms with E-state index < -0.39 is 0 Å². The fraction of sp³-hybridized carbons (Fsp3) is 0.462. The molecule has 29 heavy (non-hydrogen) atoms. The molecule has 0 amide bonds. The Bertz CT molecular complexity index is 759. The Morgan fingerprint density at radius 3 is 2.07 bits per heavy atom. The molecule has 0 saturated heterocycles. The van der Waals surface area contributed by atoms with Crippen molar-refractivity contribution < 1.29 is 78.5 Å². The van der Waals surface area contributed by atoms with Crippen molar-refractivity contribution in [2.45, 2.75) is 72.1 Å². The summed E-state index contributed by atoms with van der Waals surface area (Å²) < 4.78 is 0. The van der Waals surface area contributed by atoms with Crippen molar-refractivity contribution in [3.63, 3.8) is 0 Å². The first-order valence-corrected chi connectivity index (χ1v) is 10.8. The van der Waals surface area contributed by atoms with Gasteiger partial charge in [0.05, 0.1) is 0 Å². The maximum atomic E-state index is 12.5. The third-order valence-electron chi connectivity index (χ3n) is 5.40. The Kier molecular flexibility index (Phi) is 13.7. The second-order valence-corrected chi connectivity index (χ2v) is 7.38. The molecule has 2 aromatic carbocycles. The van der Waals surface area contributed by atoms with E-state index in [4.69, 9.17) is 0 Å². The van der Waals surface area contributed by atoms with Gasteiger partial charge >= 0.3 is 68.9 Å². The van der Waals surface area contributed by atoms with E-state index in [0.29, 0.717) is 18.6 Å². The van der Waals surface area contributed by atoms with Gasteiger partial charge in [-0.15, -0.1) is 11.1 Å². The fourth-order valence-corrected chi connectivity index (χ4v) is 3.77. The number of aryl methyl sites for hydroxylation is 1. The van der Waals surface area contributed by atoms with Crippen LogP contribution in [-0.4, -0.2) is 11.6 Å². The van der Waals surface area contributed by atoms with E-state index in [-0.39, 0.29) is 80.6 Å². The number of benzene rings is 2. The summed E-state index contributed by atoms with van der Waals surface area (Å²) >= 11 is 0. The van der Waals surface area contributed by atoms with Crippen LogP contribution in [-0.2, 0) is 24.1 Å². The van der Waals surface area contributed by atoms with Crippen LogP contribution in [0.5, 0.6) is 0 Å². The molecule has 0 aromatic heterocycles. The van der Waals surface area contributed by atoms with E-state index >= 15 is 0 Å². The topological polar surface area (TPSA) is 34.1 Å². The van der Waals surface area contributed by atoms with Crippen molar-refractivity contribution in [2.24, 2.45) is 5.92 Å². The summed E-state index contributed by atoms with van der Waals surface area (Å²) in [5.74, 6) is 0.680. The summed E-state index contributed by atoms with van der Waals surface area (Å²) in [6.45, 7) is 6.10. The second-order valence-electron chi connectivity index (χ2n) is 7.38. The quantitative estimate of drug-likeness (QED) is 0.424. The molecule has 0 bridgehead atoms. The van der Waals surface area contributed by atoms with E-state index in [0.717, 1.165) is 36.0 Å². The maximum Gasteiger partial charge on any atom is 1.00 e. The summed E-state index contributed by atoms with van der Waals surface area (Å²) in [5, 5.41) is 0. The minimum Gasteiger partial charge on any atom is -0.300 e. The van der Waals surface area contributed by atoms with Gasteiger partial charge in [-0.2, -0.15) is 24.3 Å². The smallest absolute Gasteiger partial charge is 0.300 e. The molecule has 1 fully saturated rings. The van der Waals surface area contributed by atoms with Gasteiger partial charge in [-0.25, -0.2) is 0 Å². The standard InChI is InChI=1S/C24H27O2.C2H6.Cs/c1-2-18-11-13-22(14-12-18)24(26)17-20-8-6-7-19(15-20)16-23(25)21-9-4-3-5-10-21;1-2;/h7-8,11-15,21H,2-5,9-10,16-17H2,1H3;1-2H3;/q-1;;+1. The van der Waals surface area contributed by atoms with E-state index in [1.807, 2.05) is 56.3 Å². The molecule has 0 radical (unpaired) electrons. The van der Waals surface area contributed by atoms with Crippen LogP contribution in [0.2, 0.25) is 0 Å². The number of carbonyl (C=O) groups excluding carboxylic acids is 2. The van der Waals surface area contributed by atoms with Crippen LogP contribution >= 0.6 is 0 Å². The molecule has 0 unspecified atom stereocenters. The zero-order valence-electron chi connectivity index (χ0n) is 18.6. The zero-order chi connectivity index (χ0) is 20.4. The van der Waals surface area contributed by atoms with Gasteiger partial charge in [0, 0.05) is 11.5 Å². The molecule has 1 aliphatic carbocycles. The van der Waals surface area contributed by atoms with Gasteiger partial charge in [0.2, 0.25) is 0 Å². The molecule has 0 atom stereocenters. The molecule has 1 saturated carbocycles. The van der Waals surface area contributed by atoms with Crippen molar-refractivity contribution in [1.29, 1.82) is 0 Å². The van der Waals surface area contributed by atoms with Crippen molar-refractivity contribution in [1.82, 2.24) is 0 Å². The van der Waals surface area contributed by atoms with Gasteiger partial charge in [-0.1, -0.05) is 64.3 Å². The molecule has 1 aliphatic rings. The average molecular weight is 510 g/mol. The predicted octanol–water partition coefficient (Wildman–Crippen LogP) is 3.20. The monoisotopic (exact) mass is 510 g/mol. The summed E-state index contributed by atoms with van der Waals surface area (Å²) in [5.41, 5.74) is 3.89. The Labute approximate surface area is 235 Å². The second kappa shape index (κ2) is 14.8. The van der Waals surface area contributed by atoms with Crippen LogP contribution in [0.25, 0.3) is 0 Å². The Morgan fingerprint density at radius 1 is 0.897 bits per heavy atom. The van der Waals surface area contributed by atoms with Crippen molar-refractivity contribution >= 4 is 11.6 Å². The number of hydrogen-bond acceptors (Lipinski definition) is 2. The number of ketones is 2. The van der Waals surface area contributed by atoms with E-state index in [1.165, 1.54) is 24.8 Å². The first-order chi connectivity index (χ1) is 13.7. The maximum absolute atomic E-state index is 12.5. The van der Waals surface area contributed by atoms with Gasteiger partial charge in [0.1, 0.15) is 5.78 Å². The normalized spacial score (nSPS) is 13.6. The summed E-state index contributed by atoms with van der Waals surface area (Å²) in [4.78, 5) is 25.0. The largest absolute Gasteiger partial charge is 1.00 e. The Morgan fingerprint density at radius 2 is 1.48 bits per heavy atom. The van der Waals surface area contributed by atoms with Crippen molar-refractivity contribution in [3.8, 4) is 0 Å². The average Bonchev–Trinajstić information content (AvgIpc) is 2.76. The predicted molar refractivity (Wildman–Crippen MR) is 116 cm³/mol. The molecule has 2 nitrogen and oxygen atoms in total. The van der Waals surface area contributed by atoms with Crippen LogP contribution in [0, 0.1) is 12.0 Å². The van der Waals surface area contributed by atoms with Crippen LogP contribution < -0.4 is 68.9 Å². The number of hydrogen-bond donors (Lipinski definition) is 0. The first kappa shape index (κ1) is 26.9. The third-order valence-corrected chi connectivity index (χ3v) is 5.40. The van der Waals surface area contributed by atoms with Gasteiger partial charge < -0.3 is 4.79 Å². The van der Waals surface area contributed by atoms with Crippen LogP contribution in [0.4, 0.5) is 0 Å². The van der Waals surface area contributed by atoms with Crippen molar-refractivity contribution in [3.05, 3.63) is 70.8 Å². The van der Waals surface area contributed by atoms with Crippen LogP contribution in [0.1, 0.15) is 79.9 Å². The minimum absolute atomic E-state index is 0. The molecule has 150 valence electrons. The zero-order valence-corrected chi connectivity index (χ0v) is 24.9. The molecule has 0 heterocycles. The summed E-state index contributed by atoms with van der Waals surface area (Å²) in [6.07, 6.45) is 7.47. The molecule has 2 aromatic rings. The molecular formula is C26H33CsO2. The molecular weight excluding hydrogens is 477 g/mol. The molecule has 0 aliphatic heterocycles. The van der Waals surface area contributed by atoms with Gasteiger partial charge in [-0.3, -0.25) is 4.79 Å². The number of Topliss-reactive ketones (excluding diaryl/α,β-unsaturated/α-hetero) is 2. The fourth-order valence-electron chi connectivity index (χ4n) is 3.77. The Hall–Kier alpha value is -0.168. The minimum atomic E-state index is 0. The van der Waals surface area contributed by atoms with Crippen molar-refractivity contribution in [2.75, 3.05) is 0 Å². The Balaban J connectivity index is 0.00000136. The summed E-state index contributed by atoms with van der Waals surface area (Å²) in [6, 6.07) is 16.7. The molecule has 0 spiro atoms. The first-order valence-electron chi connectivity index (χ1n) is 10.8. The molecule has 0 N–H and O–H groups in total. The van der Waals surface area contributed by atoms with Crippen LogP contribution in [0.3, 0.4) is 0 Å². The SMILES string of the molecule is CC.CCc1ccc(C(=O)Cc2c[c-]cc(CC(=O)C3CCCCC3)c2)cc1.[Cs+]. The molecule has 3 rings (SSSR count). The van der Waals surface area contributed by atoms with E-state index in [1.54, 1.807) is 0 Å². The number of carbonyl (C=O) groups is 2. The summed E-state index contributed by atoms with van der Waals surface area (Å²) in [7, 11) is 0. The van der Waals surface area contributed by atoms with E-state index in [2.05, 4.69) is 13.0 Å². The number of rotatable bonds is 7. The van der Waals surface area contributed by atoms with Crippen LogP contribution in [0.15, 0.2) is 42.5 Å². The van der Waals surface area contributed by atoms with Gasteiger partial charge in [0.15, 0.2) is 5.78 Å². The third kappa shape index (κ3) is 8.84.